The lowest BCUT2D eigenvalue weighted by Crippen LogP contribution is -2.22. The highest BCUT2D eigenvalue weighted by molar-refractivity contribution is 7.91. The van der Waals surface area contributed by atoms with Gasteiger partial charge in [-0.15, -0.1) is 6.58 Å². The third-order valence-electron chi connectivity index (χ3n) is 4.05. The summed E-state index contributed by atoms with van der Waals surface area (Å²) in [5.41, 5.74) is 5.32. The minimum atomic E-state index is -3.85. The first-order chi connectivity index (χ1) is 12.3. The van der Waals surface area contributed by atoms with Crippen LogP contribution in [0.2, 0.25) is 0 Å². The molecule has 0 aliphatic carbocycles. The molecule has 2 aromatic rings. The fourth-order valence-corrected chi connectivity index (χ4v) is 4.26. The number of hydrogen-bond donors (Lipinski definition) is 2. The van der Waals surface area contributed by atoms with Gasteiger partial charge in [-0.2, -0.15) is 0 Å². The molecule has 0 aromatic heterocycles. The molecule has 0 fully saturated rings. The molecule has 0 saturated heterocycles. The molecule has 0 spiro atoms. The van der Waals surface area contributed by atoms with E-state index in [2.05, 4.69) is 6.58 Å². The number of ether oxygens (including phenoxy) is 1. The average molecular weight is 373 g/mol. The number of hydrogen-bond acceptors (Lipinski definition) is 5. The summed E-state index contributed by atoms with van der Waals surface area (Å²) in [5, 5.41) is 9.56. The first-order valence-electron chi connectivity index (χ1n) is 7.58. The van der Waals surface area contributed by atoms with Crippen LogP contribution in [-0.2, 0) is 16.3 Å². The van der Waals surface area contributed by atoms with Gasteiger partial charge in [0.2, 0.25) is 5.91 Å². The summed E-state index contributed by atoms with van der Waals surface area (Å²) >= 11 is 0. The van der Waals surface area contributed by atoms with Crippen molar-refractivity contribution < 1.29 is 27.9 Å². The zero-order valence-corrected chi connectivity index (χ0v) is 14.4. The summed E-state index contributed by atoms with van der Waals surface area (Å²) in [6.07, 6.45) is 1.37. The number of fused-ring (bicyclic) bond motifs is 2. The average Bonchev–Trinajstić information content (AvgIpc) is 2.57. The maximum atomic E-state index is 12.6. The van der Waals surface area contributed by atoms with Gasteiger partial charge in [0.05, 0.1) is 16.2 Å². The second kappa shape index (κ2) is 6.30. The number of nitrogens with two attached hydrogens (primary N) is 1. The molecular formula is C18H15NO6S. The number of rotatable bonds is 5. The van der Waals surface area contributed by atoms with Gasteiger partial charge >= 0.3 is 5.97 Å². The van der Waals surface area contributed by atoms with Crippen molar-refractivity contribution in [1.29, 1.82) is 0 Å². The predicted octanol–water partition coefficient (Wildman–Crippen LogP) is 2.14. The Bertz CT molecular complexity index is 1060. The van der Waals surface area contributed by atoms with Crippen molar-refractivity contribution in [2.24, 2.45) is 5.73 Å². The zero-order valence-electron chi connectivity index (χ0n) is 13.6. The Balaban J connectivity index is 2.39. The quantitative estimate of drug-likeness (QED) is 0.660. The number of sulfone groups is 1. The van der Waals surface area contributed by atoms with E-state index in [0.717, 1.165) is 6.07 Å². The molecule has 26 heavy (non-hydrogen) atoms. The third kappa shape index (κ3) is 2.84. The SMILES string of the molecule is C=CCS(=O)(=O)c1cc(C(N)=O)c(C(=O)O)c2c1Cc1ccccc1O2. The van der Waals surface area contributed by atoms with E-state index in [1.165, 1.54) is 6.08 Å². The minimum absolute atomic E-state index is 0.149. The molecule has 0 atom stereocenters. The summed E-state index contributed by atoms with van der Waals surface area (Å²) in [4.78, 5) is 23.3. The van der Waals surface area contributed by atoms with Gasteiger partial charge in [0.25, 0.3) is 0 Å². The molecule has 1 aliphatic heterocycles. The smallest absolute Gasteiger partial charge is 0.340 e. The van der Waals surface area contributed by atoms with Gasteiger partial charge in [-0.05, 0) is 17.7 Å². The summed E-state index contributed by atoms with van der Waals surface area (Å²) < 4.78 is 31.0. The van der Waals surface area contributed by atoms with Gasteiger partial charge in [-0.3, -0.25) is 4.79 Å². The summed E-state index contributed by atoms with van der Waals surface area (Å²) in [7, 11) is -3.85. The van der Waals surface area contributed by atoms with Crippen LogP contribution < -0.4 is 10.5 Å². The summed E-state index contributed by atoms with van der Waals surface area (Å²) in [5.74, 6) is -2.62. The fraction of sp³-hybridized carbons (Fsp3) is 0.111. The number of benzene rings is 2. The number of para-hydroxylation sites is 1. The van der Waals surface area contributed by atoms with Crippen molar-refractivity contribution in [1.82, 2.24) is 0 Å². The van der Waals surface area contributed by atoms with Crippen LogP contribution in [0.25, 0.3) is 0 Å². The Morgan fingerprint density at radius 2 is 2.00 bits per heavy atom. The van der Waals surface area contributed by atoms with Crippen molar-refractivity contribution in [3.05, 3.63) is 65.2 Å². The number of carbonyl (C=O) groups is 2. The van der Waals surface area contributed by atoms with Crippen LogP contribution in [0, 0.1) is 0 Å². The molecule has 7 nitrogen and oxygen atoms in total. The number of carboxylic acid groups (broad SMARTS) is 1. The molecule has 8 heteroatoms. The predicted molar refractivity (Wildman–Crippen MR) is 93.5 cm³/mol. The number of carboxylic acids is 1. The van der Waals surface area contributed by atoms with Gasteiger partial charge in [0.1, 0.15) is 17.1 Å². The van der Waals surface area contributed by atoms with Crippen LogP contribution >= 0.6 is 0 Å². The molecule has 1 aliphatic rings. The standard InChI is InChI=1S/C18H15NO6S/c1-2-7-26(23,24)14-9-12(17(19)20)15(18(21)22)16-11(14)8-10-5-3-4-6-13(10)25-16/h2-6,9H,1,7-8H2,(H2,19,20)(H,21,22). The van der Waals surface area contributed by atoms with E-state index in [0.29, 0.717) is 11.3 Å². The molecule has 0 radical (unpaired) electrons. The Kier molecular flexibility index (Phi) is 4.29. The van der Waals surface area contributed by atoms with E-state index in [4.69, 9.17) is 10.5 Å². The normalized spacial score (nSPS) is 12.5. The van der Waals surface area contributed by atoms with E-state index in [9.17, 15) is 23.1 Å². The van der Waals surface area contributed by atoms with Gasteiger partial charge in [-0.25, -0.2) is 13.2 Å². The van der Waals surface area contributed by atoms with E-state index < -0.39 is 32.8 Å². The van der Waals surface area contributed by atoms with Crippen molar-refractivity contribution >= 4 is 21.7 Å². The lowest BCUT2D eigenvalue weighted by atomic mass is 9.94. The van der Waals surface area contributed by atoms with Crippen LogP contribution in [0.4, 0.5) is 0 Å². The summed E-state index contributed by atoms with van der Waals surface area (Å²) in [6.45, 7) is 3.43. The van der Waals surface area contributed by atoms with Crippen molar-refractivity contribution in [3.63, 3.8) is 0 Å². The molecule has 2 aromatic carbocycles. The van der Waals surface area contributed by atoms with Gasteiger partial charge in [-0.1, -0.05) is 24.3 Å². The van der Waals surface area contributed by atoms with E-state index >= 15 is 0 Å². The highest BCUT2D eigenvalue weighted by Crippen LogP contribution is 2.43. The van der Waals surface area contributed by atoms with Crippen LogP contribution in [0.1, 0.15) is 31.8 Å². The monoisotopic (exact) mass is 373 g/mol. The minimum Gasteiger partial charge on any atom is -0.478 e. The Morgan fingerprint density at radius 3 is 2.62 bits per heavy atom. The lowest BCUT2D eigenvalue weighted by molar-refractivity contribution is 0.0688. The second-order valence-electron chi connectivity index (χ2n) is 5.73. The molecule has 0 bridgehead atoms. The van der Waals surface area contributed by atoms with E-state index in [1.54, 1.807) is 24.3 Å². The number of carbonyl (C=O) groups excluding carboxylic acids is 1. The molecule has 1 amide bonds. The van der Waals surface area contributed by atoms with E-state index in [-0.39, 0.29) is 28.4 Å². The van der Waals surface area contributed by atoms with Crippen molar-refractivity contribution in [2.45, 2.75) is 11.3 Å². The Hall–Kier alpha value is -3.13. The van der Waals surface area contributed by atoms with Crippen molar-refractivity contribution in [3.8, 4) is 11.5 Å². The number of primary amides is 1. The maximum absolute atomic E-state index is 12.6. The highest BCUT2D eigenvalue weighted by atomic mass is 32.2. The molecule has 3 N–H and O–H groups in total. The maximum Gasteiger partial charge on any atom is 0.340 e. The second-order valence-corrected chi connectivity index (χ2v) is 7.73. The largest absolute Gasteiger partial charge is 0.478 e. The lowest BCUT2D eigenvalue weighted by Gasteiger charge is -2.25. The molecular weight excluding hydrogens is 358 g/mol. The van der Waals surface area contributed by atoms with E-state index in [1.807, 2.05) is 0 Å². The Labute approximate surface area is 149 Å². The summed E-state index contributed by atoms with van der Waals surface area (Å²) in [6, 6.07) is 7.88. The number of aromatic carboxylic acids is 1. The van der Waals surface area contributed by atoms with Gasteiger partial charge in [0, 0.05) is 12.0 Å². The number of amides is 1. The van der Waals surface area contributed by atoms with Gasteiger partial charge in [0.15, 0.2) is 9.84 Å². The van der Waals surface area contributed by atoms with Crippen LogP contribution in [0.3, 0.4) is 0 Å². The first kappa shape index (κ1) is 17.7. The molecule has 1 heterocycles. The molecule has 3 rings (SSSR count). The highest BCUT2D eigenvalue weighted by Gasteiger charge is 2.33. The van der Waals surface area contributed by atoms with Crippen LogP contribution in [0.5, 0.6) is 11.5 Å². The first-order valence-corrected chi connectivity index (χ1v) is 9.24. The van der Waals surface area contributed by atoms with Crippen molar-refractivity contribution in [2.75, 3.05) is 5.75 Å². The third-order valence-corrected chi connectivity index (χ3v) is 5.76. The van der Waals surface area contributed by atoms with Crippen LogP contribution in [0.15, 0.2) is 47.9 Å². The molecule has 134 valence electrons. The zero-order chi connectivity index (χ0) is 19.1. The topological polar surface area (TPSA) is 124 Å². The van der Waals surface area contributed by atoms with Crippen LogP contribution in [-0.4, -0.2) is 31.2 Å². The Morgan fingerprint density at radius 1 is 1.31 bits per heavy atom. The molecule has 0 saturated carbocycles. The fourth-order valence-electron chi connectivity index (χ4n) is 2.93. The molecule has 0 unspecified atom stereocenters. The van der Waals surface area contributed by atoms with Gasteiger partial charge < -0.3 is 15.6 Å².